The molecule has 1 atom stereocenters. The molecule has 27 heavy (non-hydrogen) atoms. The van der Waals surface area contributed by atoms with Crippen LogP contribution in [0.15, 0.2) is 48.5 Å². The second-order valence-electron chi connectivity index (χ2n) is 6.94. The number of amides is 1. The van der Waals surface area contributed by atoms with Crippen LogP contribution in [-0.2, 0) is 17.9 Å². The van der Waals surface area contributed by atoms with Gasteiger partial charge in [0.25, 0.3) is 5.91 Å². The highest BCUT2D eigenvalue weighted by Crippen LogP contribution is 2.20. The summed E-state index contributed by atoms with van der Waals surface area (Å²) in [7, 11) is 0. The molecular weight excluding hydrogens is 360 g/mol. The lowest BCUT2D eigenvalue weighted by Gasteiger charge is -2.20. The Hall–Kier alpha value is -2.04. The zero-order valence-corrected chi connectivity index (χ0v) is 16.5. The summed E-state index contributed by atoms with van der Waals surface area (Å²) in [5, 5.41) is 3.63. The fraction of sp³-hybridized carbons (Fsp3) is 0.409. The number of carbonyl (C=O) groups is 1. The van der Waals surface area contributed by atoms with Gasteiger partial charge in [-0.1, -0.05) is 48.9 Å². The first-order valence-electron chi connectivity index (χ1n) is 9.65. The first-order chi connectivity index (χ1) is 13.2. The molecule has 4 nitrogen and oxygen atoms in total. The molecule has 1 heterocycles. The van der Waals surface area contributed by atoms with Crippen LogP contribution in [0.25, 0.3) is 0 Å². The lowest BCUT2D eigenvalue weighted by atomic mass is 10.1. The van der Waals surface area contributed by atoms with Crippen LogP contribution >= 0.6 is 11.6 Å². The fourth-order valence-electron chi connectivity index (χ4n) is 3.39. The summed E-state index contributed by atoms with van der Waals surface area (Å²) in [4.78, 5) is 15.1. The average molecular weight is 387 g/mol. The molecule has 2 aromatic carbocycles. The zero-order chi connectivity index (χ0) is 19.1. The highest BCUT2D eigenvalue weighted by molar-refractivity contribution is 6.30. The van der Waals surface area contributed by atoms with Gasteiger partial charge in [-0.25, -0.2) is 0 Å². The summed E-state index contributed by atoms with van der Waals surface area (Å²) in [5.74, 6) is 0.507. The topological polar surface area (TPSA) is 41.6 Å². The summed E-state index contributed by atoms with van der Waals surface area (Å²) in [6.07, 6.45) is 2.61. The maximum absolute atomic E-state index is 12.6. The van der Waals surface area contributed by atoms with Gasteiger partial charge in [0.1, 0.15) is 5.75 Å². The van der Waals surface area contributed by atoms with E-state index in [9.17, 15) is 4.79 Å². The number of benzene rings is 2. The van der Waals surface area contributed by atoms with Crippen molar-refractivity contribution in [2.24, 2.45) is 0 Å². The monoisotopic (exact) mass is 386 g/mol. The number of ether oxygens (including phenoxy) is 1. The van der Waals surface area contributed by atoms with Gasteiger partial charge >= 0.3 is 0 Å². The largest absolute Gasteiger partial charge is 0.481 e. The number of nitrogens with zero attached hydrogens (tertiary/aromatic N) is 1. The highest BCUT2D eigenvalue weighted by atomic mass is 35.5. The molecule has 1 saturated heterocycles. The number of likely N-dealkylation sites (tertiary alicyclic amines) is 1. The van der Waals surface area contributed by atoms with Crippen molar-refractivity contribution in [1.29, 1.82) is 0 Å². The zero-order valence-electron chi connectivity index (χ0n) is 15.8. The van der Waals surface area contributed by atoms with E-state index in [0.29, 0.717) is 23.7 Å². The molecule has 1 amide bonds. The van der Waals surface area contributed by atoms with Gasteiger partial charge in [-0.2, -0.15) is 0 Å². The number of rotatable bonds is 8. The summed E-state index contributed by atoms with van der Waals surface area (Å²) in [5.41, 5.74) is 2.44. The lowest BCUT2D eigenvalue weighted by molar-refractivity contribution is -0.128. The van der Waals surface area contributed by atoms with E-state index in [4.69, 9.17) is 16.3 Å². The summed E-state index contributed by atoms with van der Waals surface area (Å²) >= 11 is 5.99. The van der Waals surface area contributed by atoms with E-state index in [1.165, 1.54) is 18.4 Å². The van der Waals surface area contributed by atoms with Crippen molar-refractivity contribution in [2.45, 2.75) is 45.4 Å². The maximum Gasteiger partial charge on any atom is 0.261 e. The van der Waals surface area contributed by atoms with Crippen molar-refractivity contribution < 1.29 is 9.53 Å². The molecule has 1 aliphatic rings. The van der Waals surface area contributed by atoms with Crippen LogP contribution in [0.5, 0.6) is 5.75 Å². The van der Waals surface area contributed by atoms with Gasteiger partial charge < -0.3 is 10.1 Å². The van der Waals surface area contributed by atoms with Crippen LogP contribution in [0.4, 0.5) is 0 Å². The molecule has 0 radical (unpaired) electrons. The van der Waals surface area contributed by atoms with Gasteiger partial charge in [0.2, 0.25) is 0 Å². The summed E-state index contributed by atoms with van der Waals surface area (Å²) in [6.45, 7) is 5.72. The Labute approximate surface area is 166 Å². The number of hydrogen-bond acceptors (Lipinski definition) is 3. The SMILES string of the molecule is CCC(Oc1cccc(Cl)c1)C(=O)NCc1ccccc1CN1CCCC1. The molecule has 1 fully saturated rings. The standard InChI is InChI=1S/C22H27ClN2O2/c1-2-21(27-20-11-7-10-19(23)14-20)22(26)24-15-17-8-3-4-9-18(17)16-25-12-5-6-13-25/h3-4,7-11,14,21H,2,5-6,12-13,15-16H2,1H3,(H,24,26). The molecule has 0 spiro atoms. The minimum atomic E-state index is -0.533. The highest BCUT2D eigenvalue weighted by Gasteiger charge is 2.19. The molecule has 0 saturated carbocycles. The third kappa shape index (κ3) is 5.72. The van der Waals surface area contributed by atoms with Crippen molar-refractivity contribution in [3.63, 3.8) is 0 Å². The predicted molar refractivity (Wildman–Crippen MR) is 109 cm³/mol. The van der Waals surface area contributed by atoms with Crippen LogP contribution in [0.3, 0.4) is 0 Å². The molecule has 0 aliphatic carbocycles. The van der Waals surface area contributed by atoms with E-state index >= 15 is 0 Å². The van der Waals surface area contributed by atoms with Crippen LogP contribution < -0.4 is 10.1 Å². The van der Waals surface area contributed by atoms with Crippen LogP contribution in [0.1, 0.15) is 37.3 Å². The van der Waals surface area contributed by atoms with Crippen molar-refractivity contribution in [3.05, 3.63) is 64.7 Å². The Morgan fingerprint density at radius 3 is 2.59 bits per heavy atom. The van der Waals surface area contributed by atoms with Crippen LogP contribution in [0.2, 0.25) is 5.02 Å². The predicted octanol–water partition coefficient (Wildman–Crippen LogP) is 4.41. The van der Waals surface area contributed by atoms with Gasteiger partial charge in [-0.05, 0) is 61.7 Å². The Kier molecular flexibility index (Phi) is 7.13. The second-order valence-corrected chi connectivity index (χ2v) is 7.38. The Bertz CT molecular complexity index is 759. The average Bonchev–Trinajstić information content (AvgIpc) is 3.18. The normalized spacial score (nSPS) is 15.5. The first kappa shape index (κ1) is 19.7. The number of nitrogens with one attached hydrogen (secondary N) is 1. The Morgan fingerprint density at radius 1 is 1.15 bits per heavy atom. The second kappa shape index (κ2) is 9.77. The van der Waals surface area contributed by atoms with E-state index in [0.717, 1.165) is 25.2 Å². The van der Waals surface area contributed by atoms with Crippen molar-refractivity contribution in [3.8, 4) is 5.75 Å². The number of carbonyl (C=O) groups excluding carboxylic acids is 1. The molecule has 1 N–H and O–H groups in total. The number of hydrogen-bond donors (Lipinski definition) is 1. The van der Waals surface area contributed by atoms with Crippen LogP contribution in [0, 0.1) is 0 Å². The van der Waals surface area contributed by atoms with Crippen molar-refractivity contribution in [2.75, 3.05) is 13.1 Å². The third-order valence-electron chi connectivity index (χ3n) is 4.90. The molecule has 5 heteroatoms. The molecule has 1 unspecified atom stereocenters. The van der Waals surface area contributed by atoms with Gasteiger partial charge in [0, 0.05) is 18.1 Å². The van der Waals surface area contributed by atoms with E-state index in [1.807, 2.05) is 25.1 Å². The third-order valence-corrected chi connectivity index (χ3v) is 5.14. The molecule has 0 aromatic heterocycles. The summed E-state index contributed by atoms with van der Waals surface area (Å²) in [6, 6.07) is 15.5. The van der Waals surface area contributed by atoms with E-state index in [-0.39, 0.29) is 5.91 Å². The molecular formula is C22H27ClN2O2. The van der Waals surface area contributed by atoms with Gasteiger partial charge in [0.15, 0.2) is 6.10 Å². The molecule has 3 rings (SSSR count). The quantitative estimate of drug-likeness (QED) is 0.730. The Balaban J connectivity index is 1.59. The lowest BCUT2D eigenvalue weighted by Crippen LogP contribution is -2.37. The van der Waals surface area contributed by atoms with Gasteiger partial charge in [0.05, 0.1) is 0 Å². The molecule has 2 aromatic rings. The molecule has 144 valence electrons. The number of halogens is 1. The van der Waals surface area contributed by atoms with Crippen LogP contribution in [-0.4, -0.2) is 30.0 Å². The fourth-order valence-corrected chi connectivity index (χ4v) is 3.57. The van der Waals surface area contributed by atoms with Crippen molar-refractivity contribution in [1.82, 2.24) is 10.2 Å². The molecule has 0 bridgehead atoms. The first-order valence-corrected chi connectivity index (χ1v) is 10.0. The van der Waals surface area contributed by atoms with E-state index in [2.05, 4.69) is 28.4 Å². The minimum absolute atomic E-state index is 0.103. The van der Waals surface area contributed by atoms with E-state index < -0.39 is 6.10 Å². The minimum Gasteiger partial charge on any atom is -0.481 e. The Morgan fingerprint density at radius 2 is 1.89 bits per heavy atom. The van der Waals surface area contributed by atoms with Crippen molar-refractivity contribution >= 4 is 17.5 Å². The smallest absolute Gasteiger partial charge is 0.261 e. The van der Waals surface area contributed by atoms with E-state index in [1.54, 1.807) is 12.1 Å². The maximum atomic E-state index is 12.6. The van der Waals surface area contributed by atoms with Gasteiger partial charge in [-0.15, -0.1) is 0 Å². The molecule has 1 aliphatic heterocycles. The van der Waals surface area contributed by atoms with Gasteiger partial charge in [-0.3, -0.25) is 9.69 Å². The summed E-state index contributed by atoms with van der Waals surface area (Å²) < 4.78 is 5.83.